The van der Waals surface area contributed by atoms with E-state index in [4.69, 9.17) is 0 Å². The van der Waals surface area contributed by atoms with E-state index in [-0.39, 0.29) is 24.2 Å². The molecule has 0 bridgehead atoms. The molecule has 0 aromatic heterocycles. The van der Waals surface area contributed by atoms with E-state index in [1.165, 1.54) is 0 Å². The van der Waals surface area contributed by atoms with Gasteiger partial charge in [0.1, 0.15) is 12.4 Å². The highest BCUT2D eigenvalue weighted by atomic mass is 79.9. The first-order valence-corrected chi connectivity index (χ1v) is 6.51. The van der Waals surface area contributed by atoms with Gasteiger partial charge in [-0.1, -0.05) is 15.9 Å². The largest absolute Gasteiger partial charge is 0.508 e. The molecule has 0 radical (unpaired) electrons. The fourth-order valence-electron chi connectivity index (χ4n) is 2.16. The number of phenolic OH excluding ortho intramolecular Hbond substituents is 1. The normalized spacial score (nSPS) is 18.1. The van der Waals surface area contributed by atoms with Gasteiger partial charge in [0.05, 0.1) is 6.04 Å². The second-order valence-corrected chi connectivity index (χ2v) is 5.07. The van der Waals surface area contributed by atoms with Crippen LogP contribution in [-0.2, 0) is 0 Å². The zero-order valence-corrected chi connectivity index (χ0v) is 12.3. The Hall–Kier alpha value is -0.360. The molecule has 102 valence electrons. The lowest BCUT2D eigenvalue weighted by molar-refractivity contribution is 0.145. The van der Waals surface area contributed by atoms with Crippen LogP contribution in [-0.4, -0.2) is 42.9 Å². The first-order chi connectivity index (χ1) is 8.22. The highest BCUT2D eigenvalue weighted by Gasteiger charge is 2.24. The van der Waals surface area contributed by atoms with Crippen molar-refractivity contribution in [3.8, 4) is 5.75 Å². The van der Waals surface area contributed by atoms with Crippen molar-refractivity contribution in [3.63, 3.8) is 0 Å². The molecule has 18 heavy (non-hydrogen) atoms. The topological polar surface area (TPSA) is 35.5 Å². The van der Waals surface area contributed by atoms with Crippen LogP contribution in [0, 0.1) is 0 Å². The molecule has 2 rings (SSSR count). The predicted molar refractivity (Wildman–Crippen MR) is 76.2 cm³/mol. The van der Waals surface area contributed by atoms with Crippen LogP contribution in [0.5, 0.6) is 5.75 Å². The van der Waals surface area contributed by atoms with Gasteiger partial charge < -0.3 is 10.4 Å². The van der Waals surface area contributed by atoms with Gasteiger partial charge in [0.2, 0.25) is 0 Å². The summed E-state index contributed by atoms with van der Waals surface area (Å²) in [4.78, 5) is 2.07. The van der Waals surface area contributed by atoms with Crippen LogP contribution in [0.4, 0.5) is 4.39 Å². The van der Waals surface area contributed by atoms with Crippen LogP contribution in [0.2, 0.25) is 0 Å². The molecule has 0 aliphatic carbocycles. The third kappa shape index (κ3) is 3.57. The number of alkyl halides is 1. The average Bonchev–Trinajstić information content (AvgIpc) is 2.36. The number of rotatable bonds is 3. The molecular formula is C12H17BrClFN2O. The maximum atomic E-state index is 13.3. The maximum absolute atomic E-state index is 13.3. The van der Waals surface area contributed by atoms with Crippen molar-refractivity contribution >= 4 is 28.3 Å². The third-order valence-corrected chi connectivity index (χ3v) is 3.58. The van der Waals surface area contributed by atoms with Crippen LogP contribution in [0.1, 0.15) is 11.6 Å². The monoisotopic (exact) mass is 338 g/mol. The van der Waals surface area contributed by atoms with Crippen LogP contribution in [0.25, 0.3) is 0 Å². The molecule has 1 aliphatic rings. The Morgan fingerprint density at radius 2 is 2.06 bits per heavy atom. The summed E-state index contributed by atoms with van der Waals surface area (Å²) in [5.74, 6) is 0.161. The minimum atomic E-state index is -0.482. The lowest BCUT2D eigenvalue weighted by Crippen LogP contribution is -2.45. The van der Waals surface area contributed by atoms with E-state index >= 15 is 0 Å². The van der Waals surface area contributed by atoms with E-state index in [1.54, 1.807) is 18.2 Å². The first kappa shape index (κ1) is 15.7. The molecule has 1 fully saturated rings. The molecule has 1 aliphatic heterocycles. The van der Waals surface area contributed by atoms with Crippen molar-refractivity contribution in [1.82, 2.24) is 10.2 Å². The minimum absolute atomic E-state index is 0. The number of benzene rings is 1. The van der Waals surface area contributed by atoms with E-state index in [2.05, 4.69) is 26.1 Å². The van der Waals surface area contributed by atoms with Crippen LogP contribution < -0.4 is 5.32 Å². The van der Waals surface area contributed by atoms with Crippen LogP contribution in [0.15, 0.2) is 22.7 Å². The third-order valence-electron chi connectivity index (χ3n) is 3.09. The summed E-state index contributed by atoms with van der Waals surface area (Å²) >= 11 is 3.35. The van der Waals surface area contributed by atoms with Crippen molar-refractivity contribution in [3.05, 3.63) is 28.2 Å². The summed E-state index contributed by atoms with van der Waals surface area (Å²) < 4.78 is 14.1. The second-order valence-electron chi connectivity index (χ2n) is 4.16. The van der Waals surface area contributed by atoms with Crippen molar-refractivity contribution in [2.75, 3.05) is 32.9 Å². The molecule has 1 aromatic rings. The molecule has 0 spiro atoms. The molecule has 0 saturated carbocycles. The van der Waals surface area contributed by atoms with E-state index in [9.17, 15) is 9.50 Å². The molecule has 3 nitrogen and oxygen atoms in total. The van der Waals surface area contributed by atoms with Crippen molar-refractivity contribution < 1.29 is 9.50 Å². The number of hydrogen-bond acceptors (Lipinski definition) is 3. The van der Waals surface area contributed by atoms with E-state index in [1.807, 2.05) is 0 Å². The number of hydrogen-bond donors (Lipinski definition) is 2. The number of nitrogens with zero attached hydrogens (tertiary/aromatic N) is 1. The van der Waals surface area contributed by atoms with Gasteiger partial charge in [-0.3, -0.25) is 4.90 Å². The van der Waals surface area contributed by atoms with E-state index in [0.717, 1.165) is 30.7 Å². The van der Waals surface area contributed by atoms with Crippen molar-refractivity contribution in [1.29, 1.82) is 0 Å². The fraction of sp³-hybridized carbons (Fsp3) is 0.500. The number of aromatic hydroxyl groups is 1. The fourth-order valence-corrected chi connectivity index (χ4v) is 2.54. The number of piperazine rings is 1. The van der Waals surface area contributed by atoms with Crippen LogP contribution >= 0.6 is 28.3 Å². The second kappa shape index (κ2) is 7.28. The zero-order valence-electron chi connectivity index (χ0n) is 9.90. The quantitative estimate of drug-likeness (QED) is 0.888. The highest BCUT2D eigenvalue weighted by molar-refractivity contribution is 9.10. The Morgan fingerprint density at radius 1 is 1.39 bits per heavy atom. The van der Waals surface area contributed by atoms with Crippen LogP contribution in [0.3, 0.4) is 0 Å². The van der Waals surface area contributed by atoms with Gasteiger partial charge in [-0.05, 0) is 18.2 Å². The lowest BCUT2D eigenvalue weighted by atomic mass is 10.0. The SMILES string of the molecule is Cl.Oc1ccc(Br)cc1[C@@H](CF)N1CCNCC1. The highest BCUT2D eigenvalue weighted by Crippen LogP contribution is 2.31. The summed E-state index contributed by atoms with van der Waals surface area (Å²) in [5, 5.41) is 13.1. The lowest BCUT2D eigenvalue weighted by Gasteiger charge is -2.33. The van der Waals surface area contributed by atoms with E-state index in [0.29, 0.717) is 5.56 Å². The Balaban J connectivity index is 0.00000162. The average molecular weight is 340 g/mol. The van der Waals surface area contributed by atoms with E-state index < -0.39 is 6.67 Å². The minimum Gasteiger partial charge on any atom is -0.508 e. The number of phenols is 1. The van der Waals surface area contributed by atoms with Gasteiger partial charge >= 0.3 is 0 Å². The summed E-state index contributed by atoms with van der Waals surface area (Å²) in [7, 11) is 0. The molecule has 1 atom stereocenters. The van der Waals surface area contributed by atoms with Gasteiger partial charge in [0.15, 0.2) is 0 Å². The summed E-state index contributed by atoms with van der Waals surface area (Å²) in [6, 6.07) is 4.80. The number of nitrogens with one attached hydrogen (secondary N) is 1. The Bertz CT molecular complexity index is 388. The first-order valence-electron chi connectivity index (χ1n) is 5.71. The molecule has 2 N–H and O–H groups in total. The smallest absolute Gasteiger partial charge is 0.120 e. The molecular weight excluding hydrogens is 323 g/mol. The van der Waals surface area contributed by atoms with Gasteiger partial charge in [-0.15, -0.1) is 12.4 Å². The molecule has 0 amide bonds. The summed E-state index contributed by atoms with van der Waals surface area (Å²) in [6.45, 7) is 2.86. The molecule has 1 heterocycles. The Morgan fingerprint density at radius 3 is 2.67 bits per heavy atom. The summed E-state index contributed by atoms with van der Waals surface area (Å²) in [6.07, 6.45) is 0. The van der Waals surface area contributed by atoms with Crippen molar-refractivity contribution in [2.45, 2.75) is 6.04 Å². The molecule has 1 saturated heterocycles. The zero-order chi connectivity index (χ0) is 12.3. The van der Waals surface area contributed by atoms with Gasteiger partial charge in [0.25, 0.3) is 0 Å². The maximum Gasteiger partial charge on any atom is 0.120 e. The van der Waals surface area contributed by atoms with Gasteiger partial charge in [0, 0.05) is 36.2 Å². The summed E-state index contributed by atoms with van der Waals surface area (Å²) in [5.41, 5.74) is 0.656. The Labute approximate surface area is 121 Å². The molecule has 6 heteroatoms. The molecule has 0 unspecified atom stereocenters. The standard InChI is InChI=1S/C12H16BrFN2O.ClH/c13-9-1-2-12(17)10(7-9)11(8-14)16-5-3-15-4-6-16;/h1-2,7,11,15,17H,3-6,8H2;1H/t11-;/m1./s1. The van der Waals surface area contributed by atoms with Gasteiger partial charge in [-0.2, -0.15) is 0 Å². The number of halogens is 3. The van der Waals surface area contributed by atoms with Gasteiger partial charge in [-0.25, -0.2) is 4.39 Å². The Kier molecular flexibility index (Phi) is 6.35. The molecule has 1 aromatic carbocycles. The van der Waals surface area contributed by atoms with Crippen molar-refractivity contribution in [2.24, 2.45) is 0 Å². The predicted octanol–water partition coefficient (Wildman–Crippen LogP) is 2.49.